The lowest BCUT2D eigenvalue weighted by Crippen LogP contribution is -2.36. The number of carbonyl (C=O) groups is 2. The number of fused-ring (bicyclic) bond motifs is 1. The number of hydrogen-bond donors (Lipinski definition) is 3. The van der Waals surface area contributed by atoms with Crippen LogP contribution in [0.15, 0.2) is 55.5 Å². The molecule has 0 bridgehead atoms. The summed E-state index contributed by atoms with van der Waals surface area (Å²) in [6.45, 7) is 4.77. The van der Waals surface area contributed by atoms with E-state index in [2.05, 4.69) is 42.4 Å². The van der Waals surface area contributed by atoms with Gasteiger partial charge in [-0.3, -0.25) is 14.7 Å². The zero-order valence-corrected chi connectivity index (χ0v) is 23.0. The van der Waals surface area contributed by atoms with Gasteiger partial charge in [-0.1, -0.05) is 19.4 Å². The molecule has 42 heavy (non-hydrogen) atoms. The van der Waals surface area contributed by atoms with Crippen molar-refractivity contribution in [2.45, 2.75) is 44.4 Å². The zero-order chi connectivity index (χ0) is 29.1. The number of anilines is 3. The molecule has 1 saturated heterocycles. The van der Waals surface area contributed by atoms with E-state index in [0.717, 1.165) is 44.2 Å². The van der Waals surface area contributed by atoms with Gasteiger partial charge in [0, 0.05) is 43.3 Å². The van der Waals surface area contributed by atoms with Crippen molar-refractivity contribution in [1.29, 1.82) is 0 Å². The lowest BCUT2D eigenvalue weighted by Gasteiger charge is -2.30. The van der Waals surface area contributed by atoms with Crippen molar-refractivity contribution in [3.8, 4) is 11.5 Å². The molecule has 0 unspecified atom stereocenters. The fourth-order valence-corrected chi connectivity index (χ4v) is 5.66. The quantitative estimate of drug-likeness (QED) is 0.238. The summed E-state index contributed by atoms with van der Waals surface area (Å²) in [4.78, 5) is 39.1. The fourth-order valence-electron chi connectivity index (χ4n) is 5.66. The molecule has 2 fully saturated rings. The summed E-state index contributed by atoms with van der Waals surface area (Å²) < 4.78 is 21.1. The smallest absolute Gasteiger partial charge is 0.245 e. The second-order valence-electron chi connectivity index (χ2n) is 10.6. The molecule has 0 radical (unpaired) electrons. The van der Waals surface area contributed by atoms with Gasteiger partial charge in [-0.05, 0) is 50.0 Å². The maximum absolute atomic E-state index is 15.3. The minimum atomic E-state index is -0.538. The molecule has 3 aromatic heterocycles. The van der Waals surface area contributed by atoms with Gasteiger partial charge in [0.25, 0.3) is 0 Å². The number of amides is 2. The highest BCUT2D eigenvalue weighted by molar-refractivity contribution is 5.92. The number of nitrogens with one attached hydrogen (secondary N) is 3. The number of ether oxygens (including phenoxy) is 1. The fraction of sp³-hybridized carbons (Fsp3) is 0.333. The topological polar surface area (TPSA) is 138 Å². The summed E-state index contributed by atoms with van der Waals surface area (Å²) in [6.07, 6.45) is 9.63. The molecule has 4 aromatic rings. The van der Waals surface area contributed by atoms with Gasteiger partial charge in [0.15, 0.2) is 5.65 Å². The molecule has 4 heterocycles. The monoisotopic (exact) mass is 570 g/mol. The van der Waals surface area contributed by atoms with Gasteiger partial charge in [0.1, 0.15) is 35.3 Å². The van der Waals surface area contributed by atoms with Crippen LogP contribution in [0.2, 0.25) is 0 Å². The van der Waals surface area contributed by atoms with Crippen LogP contribution in [0.4, 0.5) is 21.7 Å². The Hall–Kier alpha value is -4.87. The van der Waals surface area contributed by atoms with E-state index in [1.54, 1.807) is 29.2 Å². The van der Waals surface area contributed by atoms with Crippen LogP contribution >= 0.6 is 0 Å². The van der Waals surface area contributed by atoms with Crippen LogP contribution in [0.3, 0.4) is 0 Å². The van der Waals surface area contributed by atoms with Crippen LogP contribution < -0.4 is 15.4 Å². The molecule has 1 aromatic carbocycles. The van der Waals surface area contributed by atoms with Crippen molar-refractivity contribution in [2.24, 2.45) is 5.92 Å². The highest BCUT2D eigenvalue weighted by Gasteiger charge is 2.27. The summed E-state index contributed by atoms with van der Waals surface area (Å²) in [5.74, 6) is 0.986. The lowest BCUT2D eigenvalue weighted by atomic mass is 9.92. The highest BCUT2D eigenvalue weighted by atomic mass is 19.1. The Morgan fingerprint density at radius 3 is 2.60 bits per heavy atom. The third-order valence-electron chi connectivity index (χ3n) is 7.89. The average molecular weight is 571 g/mol. The maximum Gasteiger partial charge on any atom is 0.245 e. The molecule has 3 N–H and O–H groups in total. The molecule has 1 aliphatic carbocycles. The van der Waals surface area contributed by atoms with Crippen molar-refractivity contribution >= 4 is 40.2 Å². The highest BCUT2D eigenvalue weighted by Crippen LogP contribution is 2.36. The van der Waals surface area contributed by atoms with E-state index in [0.29, 0.717) is 41.5 Å². The van der Waals surface area contributed by atoms with Gasteiger partial charge in [-0.2, -0.15) is 5.10 Å². The van der Waals surface area contributed by atoms with E-state index in [4.69, 9.17) is 4.74 Å². The van der Waals surface area contributed by atoms with Gasteiger partial charge >= 0.3 is 0 Å². The predicted octanol–water partition coefficient (Wildman–Crippen LogP) is 5.44. The number of pyridine rings is 1. The maximum atomic E-state index is 15.3. The first-order valence-corrected chi connectivity index (χ1v) is 14.1. The first-order chi connectivity index (χ1) is 20.5. The number of rotatable bonds is 8. The summed E-state index contributed by atoms with van der Waals surface area (Å²) in [5, 5.41) is 14.1. The second-order valence-corrected chi connectivity index (χ2v) is 10.6. The van der Waals surface area contributed by atoms with Crippen molar-refractivity contribution in [1.82, 2.24) is 30.0 Å². The molecule has 1 aliphatic heterocycles. The number of benzene rings is 1. The third-order valence-corrected chi connectivity index (χ3v) is 7.89. The Morgan fingerprint density at radius 2 is 1.83 bits per heavy atom. The van der Waals surface area contributed by atoms with E-state index in [1.807, 2.05) is 0 Å². The van der Waals surface area contributed by atoms with Crippen LogP contribution in [0.1, 0.15) is 50.1 Å². The Morgan fingerprint density at radius 1 is 1.05 bits per heavy atom. The number of halogens is 1. The molecule has 216 valence electrons. The van der Waals surface area contributed by atoms with Crippen LogP contribution in [0.25, 0.3) is 11.0 Å². The van der Waals surface area contributed by atoms with Gasteiger partial charge in [0.05, 0.1) is 16.8 Å². The molecule has 12 heteroatoms. The third kappa shape index (κ3) is 5.78. The van der Waals surface area contributed by atoms with Gasteiger partial charge in [-0.15, -0.1) is 0 Å². The van der Waals surface area contributed by atoms with Crippen molar-refractivity contribution in [2.75, 3.05) is 23.7 Å². The number of likely N-dealkylation sites (tertiary alicyclic amines) is 1. The average Bonchev–Trinajstić information content (AvgIpc) is 3.70. The molecule has 2 aliphatic rings. The summed E-state index contributed by atoms with van der Waals surface area (Å²) in [5.41, 5.74) is 1.54. The van der Waals surface area contributed by atoms with Crippen molar-refractivity contribution in [3.63, 3.8) is 0 Å². The summed E-state index contributed by atoms with van der Waals surface area (Å²) in [7, 11) is 0. The van der Waals surface area contributed by atoms with Crippen LogP contribution in [0, 0.1) is 11.7 Å². The molecule has 0 spiro atoms. The Labute approximate surface area is 241 Å². The van der Waals surface area contributed by atoms with Crippen LogP contribution in [0.5, 0.6) is 11.5 Å². The van der Waals surface area contributed by atoms with E-state index in [-0.39, 0.29) is 35.1 Å². The van der Waals surface area contributed by atoms with Gasteiger partial charge < -0.3 is 20.3 Å². The van der Waals surface area contributed by atoms with Gasteiger partial charge in [-0.25, -0.2) is 19.3 Å². The molecule has 11 nitrogen and oxygen atoms in total. The number of aromatic nitrogens is 5. The second kappa shape index (κ2) is 11.9. The first kappa shape index (κ1) is 27.3. The Bertz CT molecular complexity index is 1630. The molecule has 6 rings (SSSR count). The first-order valence-electron chi connectivity index (χ1n) is 14.1. The summed E-state index contributed by atoms with van der Waals surface area (Å²) >= 11 is 0. The number of aromatic amines is 1. The number of piperidine rings is 1. The van der Waals surface area contributed by atoms with E-state index in [1.165, 1.54) is 24.7 Å². The van der Waals surface area contributed by atoms with E-state index >= 15 is 4.39 Å². The van der Waals surface area contributed by atoms with Gasteiger partial charge in [0.2, 0.25) is 11.8 Å². The molecule has 2 amide bonds. The molecule has 0 atom stereocenters. The van der Waals surface area contributed by atoms with Crippen molar-refractivity contribution in [3.05, 3.63) is 67.0 Å². The molecular formula is C30H31FN8O3. The zero-order valence-electron chi connectivity index (χ0n) is 23.0. The lowest BCUT2D eigenvalue weighted by molar-refractivity contribution is -0.127. The summed E-state index contributed by atoms with van der Waals surface area (Å²) in [6, 6.07) is 7.75. The number of H-pyrrole nitrogens is 1. The molecular weight excluding hydrogens is 539 g/mol. The standard InChI is InChI=1S/C30H31FN8O3/c1-2-25(40)39-13-10-18(11-14-39)27-26-28(33-17-34-29(26)38-37-27)35-23-8-7-20(15-22(23)31)42-21-9-12-32-24(16-21)36-30(41)19-5-3-4-6-19/h2,7-9,12,15-19H,1,3-6,10-11,13-14H2,(H,32,36,41)(H2,33,34,35,37,38). The van der Waals surface area contributed by atoms with Crippen molar-refractivity contribution < 1.29 is 18.7 Å². The number of nitrogens with zero attached hydrogens (tertiary/aromatic N) is 5. The van der Waals surface area contributed by atoms with E-state index in [9.17, 15) is 9.59 Å². The number of carbonyl (C=O) groups excluding carboxylic acids is 2. The normalized spacial score (nSPS) is 16.0. The van der Waals surface area contributed by atoms with Crippen LogP contribution in [-0.4, -0.2) is 55.0 Å². The number of hydrogen-bond acceptors (Lipinski definition) is 8. The molecule has 1 saturated carbocycles. The van der Waals surface area contributed by atoms with Crippen LogP contribution in [-0.2, 0) is 9.59 Å². The largest absolute Gasteiger partial charge is 0.457 e. The SMILES string of the molecule is C=CC(=O)N1CCC(c2n[nH]c3ncnc(Nc4ccc(Oc5ccnc(NC(=O)C6CCCC6)c5)cc4F)c23)CC1. The Kier molecular flexibility index (Phi) is 7.76. The van der Waals surface area contributed by atoms with E-state index < -0.39 is 5.82 Å². The predicted molar refractivity (Wildman–Crippen MR) is 155 cm³/mol. The minimum absolute atomic E-state index is 0.0146. The Balaban J connectivity index is 1.16. The minimum Gasteiger partial charge on any atom is -0.457 e.